The summed E-state index contributed by atoms with van der Waals surface area (Å²) in [6, 6.07) is 6.39. The van der Waals surface area contributed by atoms with Gasteiger partial charge in [0.15, 0.2) is 0 Å². The smallest absolute Gasteiger partial charge is 0.256 e. The summed E-state index contributed by atoms with van der Waals surface area (Å²) in [5.41, 5.74) is 4.29. The minimum absolute atomic E-state index is 0.0558. The van der Waals surface area contributed by atoms with Crippen LogP contribution in [0.1, 0.15) is 27.0 Å². The van der Waals surface area contributed by atoms with Gasteiger partial charge in [-0.1, -0.05) is 23.7 Å². The number of nitrogens with zero attached hydrogens (tertiary/aromatic N) is 1. The number of amides is 1. The van der Waals surface area contributed by atoms with Crippen molar-refractivity contribution in [2.45, 2.75) is 24.8 Å². The lowest BCUT2D eigenvalue weighted by Gasteiger charge is -2.30. The first-order chi connectivity index (χ1) is 10.1. The van der Waals surface area contributed by atoms with Crippen molar-refractivity contribution < 1.29 is 4.79 Å². The predicted molar refractivity (Wildman–Crippen MR) is 90.7 cm³/mol. The van der Waals surface area contributed by atoms with Crippen molar-refractivity contribution in [1.82, 2.24) is 4.90 Å². The summed E-state index contributed by atoms with van der Waals surface area (Å²) in [7, 11) is 0. The van der Waals surface area contributed by atoms with Crippen LogP contribution in [0.2, 0.25) is 4.34 Å². The Bertz CT molecular complexity index is 662. The third-order valence-corrected chi connectivity index (χ3v) is 6.04. The Morgan fingerprint density at radius 2 is 2.24 bits per heavy atom. The average Bonchev–Trinajstić information content (AvgIpc) is 2.84. The van der Waals surface area contributed by atoms with E-state index in [1.54, 1.807) is 11.8 Å². The molecule has 1 aliphatic rings. The number of hydrogen-bond acceptors (Lipinski definition) is 3. The van der Waals surface area contributed by atoms with Crippen LogP contribution in [-0.4, -0.2) is 23.6 Å². The third-order valence-electron chi connectivity index (χ3n) is 3.88. The quantitative estimate of drug-likeness (QED) is 0.745. The van der Waals surface area contributed by atoms with Crippen LogP contribution >= 0.6 is 34.7 Å². The van der Waals surface area contributed by atoms with E-state index >= 15 is 0 Å². The van der Waals surface area contributed by atoms with Crippen LogP contribution < -0.4 is 0 Å². The molecule has 0 N–H and O–H groups in total. The van der Waals surface area contributed by atoms with Crippen molar-refractivity contribution >= 4 is 40.6 Å². The Labute approximate surface area is 138 Å². The molecule has 1 aromatic heterocycles. The molecule has 0 fully saturated rings. The predicted octanol–water partition coefficient (Wildman–Crippen LogP) is 4.63. The van der Waals surface area contributed by atoms with Crippen molar-refractivity contribution in [3.05, 3.63) is 50.2 Å². The molecule has 0 spiro atoms. The van der Waals surface area contributed by atoms with Gasteiger partial charge in [0.1, 0.15) is 4.34 Å². The molecular formula is C16H16ClNOS2. The maximum Gasteiger partial charge on any atom is 0.256 e. The fourth-order valence-corrected chi connectivity index (χ4v) is 4.52. The Morgan fingerprint density at radius 1 is 1.43 bits per heavy atom. The van der Waals surface area contributed by atoms with Gasteiger partial charge in [-0.05, 0) is 47.7 Å². The van der Waals surface area contributed by atoms with Gasteiger partial charge in [0.05, 0.1) is 5.56 Å². The molecule has 0 unspecified atom stereocenters. The highest BCUT2D eigenvalue weighted by atomic mass is 35.5. The number of fused-ring (bicyclic) bond motifs is 1. The molecule has 0 saturated heterocycles. The zero-order valence-corrected chi connectivity index (χ0v) is 14.4. The Kier molecular flexibility index (Phi) is 4.29. The van der Waals surface area contributed by atoms with Crippen molar-refractivity contribution in [2.24, 2.45) is 0 Å². The molecule has 0 atom stereocenters. The zero-order chi connectivity index (χ0) is 15.0. The van der Waals surface area contributed by atoms with Gasteiger partial charge in [0.25, 0.3) is 5.91 Å². The zero-order valence-electron chi connectivity index (χ0n) is 12.0. The lowest BCUT2D eigenvalue weighted by Crippen LogP contribution is -2.36. The van der Waals surface area contributed by atoms with E-state index in [0.717, 1.165) is 18.5 Å². The lowest BCUT2D eigenvalue weighted by molar-refractivity contribution is 0.0733. The van der Waals surface area contributed by atoms with E-state index in [1.165, 1.54) is 27.4 Å². The van der Waals surface area contributed by atoms with Crippen molar-refractivity contribution in [2.75, 3.05) is 12.8 Å². The highest BCUT2D eigenvalue weighted by Crippen LogP contribution is 2.32. The SMILES string of the molecule is CSc1cccc2c1CN(C(=O)c1c(C)csc1Cl)CC2. The van der Waals surface area contributed by atoms with E-state index in [-0.39, 0.29) is 5.91 Å². The van der Waals surface area contributed by atoms with Crippen LogP contribution in [0.4, 0.5) is 0 Å². The van der Waals surface area contributed by atoms with Gasteiger partial charge in [0, 0.05) is 18.0 Å². The van der Waals surface area contributed by atoms with E-state index in [1.807, 2.05) is 17.2 Å². The van der Waals surface area contributed by atoms with E-state index in [9.17, 15) is 4.79 Å². The van der Waals surface area contributed by atoms with Crippen LogP contribution in [0.5, 0.6) is 0 Å². The number of benzene rings is 1. The highest BCUT2D eigenvalue weighted by molar-refractivity contribution is 7.98. The number of rotatable bonds is 2. The maximum absolute atomic E-state index is 12.8. The molecule has 21 heavy (non-hydrogen) atoms. The second-order valence-electron chi connectivity index (χ2n) is 5.14. The molecule has 2 aromatic rings. The summed E-state index contributed by atoms with van der Waals surface area (Å²) in [6.07, 6.45) is 2.99. The molecule has 1 amide bonds. The first-order valence-corrected chi connectivity index (χ1v) is 9.27. The van der Waals surface area contributed by atoms with Gasteiger partial charge >= 0.3 is 0 Å². The lowest BCUT2D eigenvalue weighted by atomic mass is 9.99. The minimum Gasteiger partial charge on any atom is -0.334 e. The van der Waals surface area contributed by atoms with Gasteiger partial charge < -0.3 is 4.90 Å². The van der Waals surface area contributed by atoms with E-state index in [4.69, 9.17) is 11.6 Å². The number of aryl methyl sites for hydroxylation is 1. The molecule has 0 radical (unpaired) electrons. The number of thiophene rings is 1. The second kappa shape index (κ2) is 6.03. The monoisotopic (exact) mass is 337 g/mol. The average molecular weight is 338 g/mol. The van der Waals surface area contributed by atoms with Crippen molar-refractivity contribution in [3.63, 3.8) is 0 Å². The van der Waals surface area contributed by atoms with Crippen LogP contribution in [-0.2, 0) is 13.0 Å². The second-order valence-corrected chi connectivity index (χ2v) is 7.47. The molecule has 0 saturated carbocycles. The first-order valence-electron chi connectivity index (χ1n) is 6.79. The Hall–Kier alpha value is -0.970. The molecular weight excluding hydrogens is 322 g/mol. The Balaban J connectivity index is 1.91. The molecule has 2 heterocycles. The maximum atomic E-state index is 12.8. The summed E-state index contributed by atoms with van der Waals surface area (Å²) in [5.74, 6) is 0.0558. The van der Waals surface area contributed by atoms with Crippen molar-refractivity contribution in [3.8, 4) is 0 Å². The van der Waals surface area contributed by atoms with E-state index < -0.39 is 0 Å². The fraction of sp³-hybridized carbons (Fsp3) is 0.312. The molecule has 0 bridgehead atoms. The van der Waals surface area contributed by atoms with E-state index in [0.29, 0.717) is 16.4 Å². The summed E-state index contributed by atoms with van der Waals surface area (Å²) in [5, 5.41) is 1.95. The van der Waals surface area contributed by atoms with Crippen LogP contribution in [0.15, 0.2) is 28.5 Å². The summed E-state index contributed by atoms with van der Waals surface area (Å²) in [4.78, 5) is 15.9. The van der Waals surface area contributed by atoms with Crippen molar-refractivity contribution in [1.29, 1.82) is 0 Å². The van der Waals surface area contributed by atoms with Gasteiger partial charge in [0.2, 0.25) is 0 Å². The molecule has 3 rings (SSSR count). The third kappa shape index (κ3) is 2.72. The topological polar surface area (TPSA) is 20.3 Å². The van der Waals surface area contributed by atoms with E-state index in [2.05, 4.69) is 24.5 Å². The standard InChI is InChI=1S/C16H16ClNOS2/c1-10-9-21-15(17)14(10)16(19)18-7-6-11-4-3-5-13(20-2)12(11)8-18/h3-5,9H,6-8H2,1-2H3. The molecule has 1 aromatic carbocycles. The van der Waals surface area contributed by atoms with Gasteiger partial charge in [-0.15, -0.1) is 23.1 Å². The van der Waals surface area contributed by atoms with Gasteiger partial charge in [-0.2, -0.15) is 0 Å². The Morgan fingerprint density at radius 3 is 2.90 bits per heavy atom. The number of carbonyl (C=O) groups is 1. The van der Waals surface area contributed by atoms with Gasteiger partial charge in [-0.3, -0.25) is 4.79 Å². The number of thioether (sulfide) groups is 1. The first kappa shape index (κ1) is 14.9. The van der Waals surface area contributed by atoms with Crippen LogP contribution in [0.25, 0.3) is 0 Å². The van der Waals surface area contributed by atoms with Crippen LogP contribution in [0.3, 0.4) is 0 Å². The number of carbonyl (C=O) groups excluding carboxylic acids is 1. The molecule has 5 heteroatoms. The molecule has 2 nitrogen and oxygen atoms in total. The summed E-state index contributed by atoms with van der Waals surface area (Å²) in [6.45, 7) is 3.38. The molecule has 1 aliphatic heterocycles. The molecule has 110 valence electrons. The summed E-state index contributed by atoms with van der Waals surface area (Å²) < 4.78 is 0.599. The summed E-state index contributed by atoms with van der Waals surface area (Å²) >= 11 is 9.35. The van der Waals surface area contributed by atoms with Crippen LogP contribution in [0, 0.1) is 6.92 Å². The normalized spacial score (nSPS) is 14.1. The minimum atomic E-state index is 0.0558. The fourth-order valence-electron chi connectivity index (χ4n) is 2.74. The number of halogens is 1. The van der Waals surface area contributed by atoms with Gasteiger partial charge in [-0.25, -0.2) is 0 Å². The molecule has 0 aliphatic carbocycles. The largest absolute Gasteiger partial charge is 0.334 e. The highest BCUT2D eigenvalue weighted by Gasteiger charge is 2.26. The number of hydrogen-bond donors (Lipinski definition) is 0.